The van der Waals surface area contributed by atoms with Crippen LogP contribution in [0.25, 0.3) is 0 Å². The van der Waals surface area contributed by atoms with E-state index in [1.807, 2.05) is 0 Å². The number of carbonyl (C=O) groups is 2. The minimum atomic E-state index is -1.99. The van der Waals surface area contributed by atoms with Gasteiger partial charge in [0.1, 0.15) is 18.4 Å². The molecule has 0 aromatic rings. The van der Waals surface area contributed by atoms with Crippen molar-refractivity contribution in [3.05, 3.63) is 12.2 Å². The highest BCUT2D eigenvalue weighted by Crippen LogP contribution is 2.41. The summed E-state index contributed by atoms with van der Waals surface area (Å²) in [6.45, 7) is 5.16. The van der Waals surface area contributed by atoms with Gasteiger partial charge >= 0.3 is 11.9 Å². The van der Waals surface area contributed by atoms with Gasteiger partial charge in [-0.05, 0) is 63.7 Å². The maximum absolute atomic E-state index is 13.6. The number of rotatable bonds is 7. The maximum Gasteiger partial charge on any atom is 0.333 e. The quantitative estimate of drug-likeness (QED) is 0.367. The molecule has 0 aromatic heterocycles. The summed E-state index contributed by atoms with van der Waals surface area (Å²) in [6.07, 6.45) is -2.12. The van der Waals surface area contributed by atoms with Crippen LogP contribution in [0.5, 0.6) is 0 Å². The fraction of sp³-hybridized carbons (Fsp3) is 0.800. The highest BCUT2D eigenvalue weighted by Gasteiger charge is 2.42. The molecule has 7 heteroatoms. The molecule has 2 unspecified atom stereocenters. The Labute approximate surface area is 158 Å². The van der Waals surface area contributed by atoms with Gasteiger partial charge < -0.3 is 9.47 Å². The molecule has 0 heterocycles. The third-order valence-corrected chi connectivity index (χ3v) is 5.54. The average Bonchev–Trinajstić information content (AvgIpc) is 2.63. The van der Waals surface area contributed by atoms with Gasteiger partial charge in [-0.15, -0.1) is 0 Å². The molecule has 2 fully saturated rings. The Hall–Kier alpha value is -1.53. The Morgan fingerprint density at radius 3 is 2.15 bits per heavy atom. The largest absolute Gasteiger partial charge is 0.462 e. The van der Waals surface area contributed by atoms with Crippen molar-refractivity contribution in [2.45, 2.75) is 82.9 Å². The molecule has 154 valence electrons. The van der Waals surface area contributed by atoms with E-state index in [9.17, 15) is 22.8 Å². The van der Waals surface area contributed by atoms with Gasteiger partial charge in [-0.3, -0.25) is 4.79 Å². The number of hydrogen-bond donors (Lipinski definition) is 0. The lowest BCUT2D eigenvalue weighted by Crippen LogP contribution is -2.40. The smallest absolute Gasteiger partial charge is 0.333 e. The minimum absolute atomic E-state index is 0.0829. The molecule has 0 aliphatic heterocycles. The molecule has 2 atom stereocenters. The highest BCUT2D eigenvalue weighted by molar-refractivity contribution is 5.86. The predicted molar refractivity (Wildman–Crippen MR) is 94.3 cm³/mol. The van der Waals surface area contributed by atoms with Gasteiger partial charge in [-0.1, -0.05) is 6.58 Å². The molecule has 2 saturated carbocycles. The molecule has 2 rings (SSSR count). The summed E-state index contributed by atoms with van der Waals surface area (Å²) in [5.41, 5.74) is 0.312. The van der Waals surface area contributed by atoms with E-state index in [2.05, 4.69) is 6.58 Å². The van der Waals surface area contributed by atoms with Crippen LogP contribution in [-0.2, 0) is 19.1 Å². The monoisotopic (exact) mass is 390 g/mol. The third-order valence-electron chi connectivity index (χ3n) is 5.54. The van der Waals surface area contributed by atoms with E-state index in [4.69, 9.17) is 9.47 Å². The Kier molecular flexibility index (Phi) is 8.17. The summed E-state index contributed by atoms with van der Waals surface area (Å²) in [6, 6.07) is 0. The minimum Gasteiger partial charge on any atom is -0.462 e. The van der Waals surface area contributed by atoms with E-state index >= 15 is 0 Å². The highest BCUT2D eigenvalue weighted by atomic mass is 19.2. The molecule has 0 radical (unpaired) electrons. The average molecular weight is 390 g/mol. The van der Waals surface area contributed by atoms with Crippen molar-refractivity contribution in [2.24, 2.45) is 11.8 Å². The van der Waals surface area contributed by atoms with Crippen molar-refractivity contribution in [1.29, 1.82) is 0 Å². The molecule has 0 N–H and O–H groups in total. The SMILES string of the molecule is C=C(C)C(=O)OCCCC(=O)OC1CCC(C2CC(F)C(F)C(F)C2)CC1. The van der Waals surface area contributed by atoms with E-state index in [1.54, 1.807) is 6.92 Å². The maximum atomic E-state index is 13.6. The number of hydrogen-bond acceptors (Lipinski definition) is 4. The van der Waals surface area contributed by atoms with Crippen molar-refractivity contribution in [3.8, 4) is 0 Å². The molecule has 4 nitrogen and oxygen atoms in total. The zero-order chi connectivity index (χ0) is 20.0. The number of carbonyl (C=O) groups excluding carboxylic acids is 2. The topological polar surface area (TPSA) is 52.6 Å². The first-order valence-corrected chi connectivity index (χ1v) is 9.72. The molecule has 0 aromatic carbocycles. The normalized spacial score (nSPS) is 33.9. The van der Waals surface area contributed by atoms with Crippen LogP contribution in [0.15, 0.2) is 12.2 Å². The van der Waals surface area contributed by atoms with Gasteiger partial charge in [-0.2, -0.15) is 0 Å². The van der Waals surface area contributed by atoms with Crippen molar-refractivity contribution in [2.75, 3.05) is 6.61 Å². The second kappa shape index (κ2) is 10.1. The molecule has 27 heavy (non-hydrogen) atoms. The summed E-state index contributed by atoms with van der Waals surface area (Å²) in [7, 11) is 0. The van der Waals surface area contributed by atoms with Crippen LogP contribution < -0.4 is 0 Å². The third kappa shape index (κ3) is 6.54. The van der Waals surface area contributed by atoms with Crippen LogP contribution in [0, 0.1) is 11.8 Å². The molecule has 2 aliphatic carbocycles. The van der Waals surface area contributed by atoms with Gasteiger partial charge in [0.15, 0.2) is 6.17 Å². The zero-order valence-corrected chi connectivity index (χ0v) is 15.8. The molecule has 0 bridgehead atoms. The standard InChI is InChI=1S/C20H29F3O4/c1-12(2)20(25)26-9-3-4-18(24)27-15-7-5-13(6-8-15)14-10-16(21)19(23)17(22)11-14/h13-17,19H,1,3-11H2,2H3. The second-order valence-corrected chi connectivity index (χ2v) is 7.75. The first kappa shape index (κ1) is 21.8. The molecular weight excluding hydrogens is 361 g/mol. The number of esters is 2. The van der Waals surface area contributed by atoms with Crippen LogP contribution in [0.4, 0.5) is 13.2 Å². The van der Waals surface area contributed by atoms with Crippen LogP contribution in [0.2, 0.25) is 0 Å². The lowest BCUT2D eigenvalue weighted by molar-refractivity contribution is -0.152. The van der Waals surface area contributed by atoms with Crippen LogP contribution in [0.3, 0.4) is 0 Å². The van der Waals surface area contributed by atoms with Crippen LogP contribution in [-0.4, -0.2) is 43.2 Å². The molecule has 0 amide bonds. The summed E-state index contributed by atoms with van der Waals surface area (Å²) in [5.74, 6) is -0.794. The lowest BCUT2D eigenvalue weighted by Gasteiger charge is -2.38. The molecule has 0 saturated heterocycles. The van der Waals surface area contributed by atoms with E-state index in [-0.39, 0.29) is 49.8 Å². The second-order valence-electron chi connectivity index (χ2n) is 7.75. The number of halogens is 3. The first-order valence-electron chi connectivity index (χ1n) is 9.72. The van der Waals surface area contributed by atoms with E-state index in [0.29, 0.717) is 24.8 Å². The Bertz CT molecular complexity index is 519. The van der Waals surface area contributed by atoms with Gasteiger partial charge in [-0.25, -0.2) is 18.0 Å². The van der Waals surface area contributed by atoms with Crippen molar-refractivity contribution < 1.29 is 32.2 Å². The summed E-state index contributed by atoms with van der Waals surface area (Å²) < 4.78 is 50.8. The van der Waals surface area contributed by atoms with Crippen LogP contribution in [0.1, 0.15) is 58.3 Å². The van der Waals surface area contributed by atoms with Gasteiger partial charge in [0.05, 0.1) is 6.61 Å². The molecule has 0 spiro atoms. The van der Waals surface area contributed by atoms with Gasteiger partial charge in [0.2, 0.25) is 0 Å². The first-order chi connectivity index (χ1) is 12.8. The summed E-state index contributed by atoms with van der Waals surface area (Å²) in [4.78, 5) is 23.1. The fourth-order valence-corrected chi connectivity index (χ4v) is 3.97. The Balaban J connectivity index is 1.63. The van der Waals surface area contributed by atoms with Gasteiger partial charge in [0.25, 0.3) is 0 Å². The predicted octanol–water partition coefficient (Wildman–Crippen LogP) is 4.41. The summed E-state index contributed by atoms with van der Waals surface area (Å²) >= 11 is 0. The van der Waals surface area contributed by atoms with E-state index in [0.717, 1.165) is 12.8 Å². The van der Waals surface area contributed by atoms with Crippen molar-refractivity contribution >= 4 is 11.9 Å². The number of ether oxygens (including phenoxy) is 2. The zero-order valence-electron chi connectivity index (χ0n) is 15.8. The summed E-state index contributed by atoms with van der Waals surface area (Å²) in [5, 5.41) is 0. The Morgan fingerprint density at radius 1 is 1.00 bits per heavy atom. The van der Waals surface area contributed by atoms with Crippen molar-refractivity contribution in [1.82, 2.24) is 0 Å². The number of alkyl halides is 3. The molecular formula is C20H29F3O4. The molecule has 2 aliphatic rings. The van der Waals surface area contributed by atoms with Crippen LogP contribution >= 0.6 is 0 Å². The van der Waals surface area contributed by atoms with E-state index < -0.39 is 24.5 Å². The van der Waals surface area contributed by atoms with Crippen molar-refractivity contribution in [3.63, 3.8) is 0 Å². The Morgan fingerprint density at radius 2 is 1.59 bits per heavy atom. The van der Waals surface area contributed by atoms with Gasteiger partial charge in [0, 0.05) is 12.0 Å². The lowest BCUT2D eigenvalue weighted by atomic mass is 9.71. The fourth-order valence-electron chi connectivity index (χ4n) is 3.97. The van der Waals surface area contributed by atoms with E-state index in [1.165, 1.54) is 0 Å².